The predicted molar refractivity (Wildman–Crippen MR) is 293 cm³/mol. The first-order valence-electron chi connectivity index (χ1n) is 24.1. The van der Waals surface area contributed by atoms with Crippen LogP contribution in [0.2, 0.25) is 0 Å². The largest absolute Gasteiger partial charge is 0.311 e. The Morgan fingerprint density at radius 3 is 1.27 bits per heavy atom. The SMILES string of the molecule is c1ccc(-c2ccc(N(c3ccc(-c4ccc(N(c5ccccc5)c5ccccc5)cc4)cc3)c3cccc(C4(c5ccccc5)c5ccccc5-n5c6ccccc6c6cccc4c65)c3)cc2)cc1. The molecule has 0 aliphatic carbocycles. The average molecular weight is 894 g/mol. The molecule has 12 aromatic rings. The molecule has 330 valence electrons. The average Bonchev–Trinajstić information content (AvgIpc) is 3.78. The third kappa shape index (κ3) is 6.74. The van der Waals surface area contributed by atoms with E-state index in [9.17, 15) is 0 Å². The lowest BCUT2D eigenvalue weighted by molar-refractivity contribution is 0.728. The van der Waals surface area contributed by atoms with Gasteiger partial charge in [0.05, 0.1) is 22.1 Å². The Bertz CT molecular complexity index is 3750. The molecule has 3 heteroatoms. The highest BCUT2D eigenvalue weighted by molar-refractivity contribution is 6.12. The molecule has 1 aliphatic rings. The maximum Gasteiger partial charge on any atom is 0.0743 e. The van der Waals surface area contributed by atoms with E-state index in [1.165, 1.54) is 60.9 Å². The smallest absolute Gasteiger partial charge is 0.0743 e. The van der Waals surface area contributed by atoms with Gasteiger partial charge < -0.3 is 14.4 Å². The standard InChI is InChI=1S/C67H47N3/c1-5-19-48(20-6-1)49-35-43-57(44-36-49)69(58-45-39-51(40-46-58)50-37-41-56(42-38-50)68(54-24-9-3-10-25-54)55-26-11-4-12-27-55)59-28-17-23-53(47-59)67(52-21-7-2-8-22-52)62-31-14-16-34-65(62)70-64-33-15-13-29-60(64)61-30-18-32-63(67)66(61)70/h1-47H. The first kappa shape index (κ1) is 41.0. The van der Waals surface area contributed by atoms with Crippen LogP contribution in [0.25, 0.3) is 49.7 Å². The van der Waals surface area contributed by atoms with Crippen LogP contribution in [0, 0.1) is 0 Å². The molecule has 70 heavy (non-hydrogen) atoms. The summed E-state index contributed by atoms with van der Waals surface area (Å²) in [6, 6.07) is 104. The fraction of sp³-hybridized carbons (Fsp3) is 0.0149. The number of para-hydroxylation sites is 5. The lowest BCUT2D eigenvalue weighted by Gasteiger charge is -2.42. The van der Waals surface area contributed by atoms with Crippen molar-refractivity contribution in [3.8, 4) is 27.9 Å². The third-order valence-electron chi connectivity index (χ3n) is 14.2. The minimum Gasteiger partial charge on any atom is -0.311 e. The minimum atomic E-state index is -0.632. The van der Waals surface area contributed by atoms with Gasteiger partial charge in [0.2, 0.25) is 0 Å². The summed E-state index contributed by atoms with van der Waals surface area (Å²) in [6.07, 6.45) is 0. The minimum absolute atomic E-state index is 0.632. The quantitative estimate of drug-likeness (QED) is 0.136. The van der Waals surface area contributed by atoms with Crippen LogP contribution in [0.5, 0.6) is 0 Å². The normalized spacial score (nSPS) is 13.8. The molecular formula is C67H47N3. The van der Waals surface area contributed by atoms with E-state index in [0.717, 1.165) is 45.3 Å². The van der Waals surface area contributed by atoms with Gasteiger partial charge in [-0.2, -0.15) is 0 Å². The Kier molecular flexibility index (Phi) is 10.1. The molecule has 0 amide bonds. The van der Waals surface area contributed by atoms with Gasteiger partial charge in [-0.25, -0.2) is 0 Å². The van der Waals surface area contributed by atoms with Crippen molar-refractivity contribution in [1.82, 2.24) is 4.57 Å². The zero-order chi connectivity index (χ0) is 46.4. The van der Waals surface area contributed by atoms with Gasteiger partial charge in [0, 0.05) is 44.9 Å². The number of rotatable bonds is 10. The van der Waals surface area contributed by atoms with Gasteiger partial charge in [-0.15, -0.1) is 0 Å². The molecule has 1 aromatic heterocycles. The molecule has 13 rings (SSSR count). The fourth-order valence-electron chi connectivity index (χ4n) is 11.1. The van der Waals surface area contributed by atoms with Gasteiger partial charge >= 0.3 is 0 Å². The lowest BCUT2D eigenvalue weighted by Crippen LogP contribution is -2.35. The molecule has 0 fully saturated rings. The van der Waals surface area contributed by atoms with Crippen molar-refractivity contribution in [3.63, 3.8) is 0 Å². The summed E-state index contributed by atoms with van der Waals surface area (Å²) < 4.78 is 2.50. The second-order valence-corrected chi connectivity index (χ2v) is 18.1. The number of aromatic nitrogens is 1. The van der Waals surface area contributed by atoms with E-state index in [1.807, 2.05) is 0 Å². The number of hydrogen-bond donors (Lipinski definition) is 0. The van der Waals surface area contributed by atoms with Crippen molar-refractivity contribution in [3.05, 3.63) is 307 Å². The Balaban J connectivity index is 0.956. The molecule has 11 aromatic carbocycles. The van der Waals surface area contributed by atoms with Crippen molar-refractivity contribution in [1.29, 1.82) is 0 Å². The molecule has 1 atom stereocenters. The van der Waals surface area contributed by atoms with E-state index in [0.29, 0.717) is 0 Å². The van der Waals surface area contributed by atoms with Gasteiger partial charge in [0.1, 0.15) is 0 Å². The molecule has 1 unspecified atom stereocenters. The van der Waals surface area contributed by atoms with Crippen LogP contribution < -0.4 is 9.80 Å². The second kappa shape index (κ2) is 17.2. The Hall–Kier alpha value is -9.18. The summed E-state index contributed by atoms with van der Waals surface area (Å²) in [6.45, 7) is 0. The van der Waals surface area contributed by atoms with Crippen LogP contribution in [-0.2, 0) is 5.41 Å². The first-order chi connectivity index (χ1) is 34.7. The maximum atomic E-state index is 2.50. The molecule has 0 N–H and O–H groups in total. The molecular weight excluding hydrogens is 847 g/mol. The molecule has 0 saturated heterocycles. The number of hydrogen-bond acceptors (Lipinski definition) is 2. The van der Waals surface area contributed by atoms with E-state index < -0.39 is 5.41 Å². The van der Waals surface area contributed by atoms with Crippen molar-refractivity contribution in [2.24, 2.45) is 0 Å². The first-order valence-corrected chi connectivity index (χ1v) is 24.1. The highest BCUT2D eigenvalue weighted by atomic mass is 15.1. The zero-order valence-corrected chi connectivity index (χ0v) is 38.5. The molecule has 0 spiro atoms. The maximum absolute atomic E-state index is 2.50. The topological polar surface area (TPSA) is 11.4 Å². The molecule has 3 nitrogen and oxygen atoms in total. The fourth-order valence-corrected chi connectivity index (χ4v) is 11.1. The third-order valence-corrected chi connectivity index (χ3v) is 14.2. The monoisotopic (exact) mass is 893 g/mol. The summed E-state index contributed by atoms with van der Waals surface area (Å²) in [5.41, 5.74) is 19.3. The molecule has 2 heterocycles. The number of anilines is 6. The lowest BCUT2D eigenvalue weighted by atomic mass is 9.63. The van der Waals surface area contributed by atoms with Crippen molar-refractivity contribution in [2.45, 2.75) is 5.41 Å². The predicted octanol–water partition coefficient (Wildman–Crippen LogP) is 17.8. The van der Waals surface area contributed by atoms with Gasteiger partial charge in [-0.3, -0.25) is 0 Å². The van der Waals surface area contributed by atoms with Crippen LogP contribution in [0.4, 0.5) is 34.1 Å². The van der Waals surface area contributed by atoms with Crippen LogP contribution >= 0.6 is 0 Å². The second-order valence-electron chi connectivity index (χ2n) is 18.1. The van der Waals surface area contributed by atoms with E-state index in [-0.39, 0.29) is 0 Å². The van der Waals surface area contributed by atoms with Crippen molar-refractivity contribution in [2.75, 3.05) is 9.80 Å². The molecule has 0 saturated carbocycles. The highest BCUT2D eigenvalue weighted by Crippen LogP contribution is 2.55. The van der Waals surface area contributed by atoms with Crippen molar-refractivity contribution < 1.29 is 0 Å². The van der Waals surface area contributed by atoms with Gasteiger partial charge in [0.25, 0.3) is 0 Å². The molecule has 0 radical (unpaired) electrons. The Morgan fingerprint density at radius 2 is 0.671 bits per heavy atom. The van der Waals surface area contributed by atoms with E-state index in [1.54, 1.807) is 0 Å². The van der Waals surface area contributed by atoms with Crippen molar-refractivity contribution >= 4 is 55.9 Å². The van der Waals surface area contributed by atoms with Gasteiger partial charge in [0.15, 0.2) is 0 Å². The van der Waals surface area contributed by atoms with Crippen LogP contribution in [0.3, 0.4) is 0 Å². The van der Waals surface area contributed by atoms with Crippen LogP contribution in [0.15, 0.2) is 285 Å². The van der Waals surface area contributed by atoms with Crippen LogP contribution in [0.1, 0.15) is 22.3 Å². The summed E-state index contributed by atoms with van der Waals surface area (Å²) in [7, 11) is 0. The summed E-state index contributed by atoms with van der Waals surface area (Å²) in [5.74, 6) is 0. The van der Waals surface area contributed by atoms with Crippen LogP contribution in [-0.4, -0.2) is 4.57 Å². The summed E-state index contributed by atoms with van der Waals surface area (Å²) in [4.78, 5) is 4.71. The number of benzene rings is 11. The van der Waals surface area contributed by atoms with E-state index >= 15 is 0 Å². The Labute approximate surface area is 409 Å². The zero-order valence-electron chi connectivity index (χ0n) is 38.5. The Morgan fingerprint density at radius 1 is 0.271 bits per heavy atom. The van der Waals surface area contributed by atoms with Gasteiger partial charge in [-0.05, 0) is 129 Å². The van der Waals surface area contributed by atoms with E-state index in [4.69, 9.17) is 0 Å². The highest BCUT2D eigenvalue weighted by Gasteiger charge is 2.45. The summed E-state index contributed by atoms with van der Waals surface area (Å²) >= 11 is 0. The molecule has 0 bridgehead atoms. The van der Waals surface area contributed by atoms with Gasteiger partial charge in [-0.1, -0.05) is 200 Å². The van der Waals surface area contributed by atoms with E-state index in [2.05, 4.69) is 299 Å². The number of nitrogens with zero attached hydrogens (tertiary/aromatic N) is 3. The molecule has 1 aliphatic heterocycles. The summed E-state index contributed by atoms with van der Waals surface area (Å²) in [5, 5.41) is 2.52. The number of fused-ring (bicyclic) bond motifs is 5.